The minimum atomic E-state index is 0.658. The molecule has 0 rings (SSSR count). The van der Waals surface area contributed by atoms with E-state index in [0.29, 0.717) is 5.95 Å². The minimum absolute atomic E-state index is 0.658. The van der Waals surface area contributed by atoms with Crippen molar-refractivity contribution in [1.29, 1.82) is 0 Å². The number of hydrogen-bond acceptors (Lipinski definition) is 3. The molecule has 0 saturated heterocycles. The number of hydrogen-bond donors (Lipinski definition) is 0. The fourth-order valence-corrected chi connectivity index (χ4v) is 2.41. The highest BCUT2D eigenvalue weighted by Gasteiger charge is 2.07. The summed E-state index contributed by atoms with van der Waals surface area (Å²) in [5.74, 6) is 0.658. The largest absolute Gasteiger partial charge is 0.497 e. The van der Waals surface area contributed by atoms with Crippen LogP contribution < -0.4 is 0 Å². The quantitative estimate of drug-likeness (QED) is 0.259. The Labute approximate surface area is 134 Å². The van der Waals surface area contributed by atoms with Crippen LogP contribution in [0.4, 0.5) is 0 Å². The van der Waals surface area contributed by atoms with Crippen LogP contribution in [0.1, 0.15) is 78.6 Å². The van der Waals surface area contributed by atoms with Crippen molar-refractivity contribution in [1.82, 2.24) is 0 Å². The van der Waals surface area contributed by atoms with Crippen molar-refractivity contribution in [2.24, 2.45) is 0 Å². The van der Waals surface area contributed by atoms with Gasteiger partial charge in [-0.25, -0.2) is 0 Å². The van der Waals surface area contributed by atoms with Gasteiger partial charge in [0.15, 0.2) is 0 Å². The van der Waals surface area contributed by atoms with Crippen LogP contribution in [0.5, 0.6) is 0 Å². The van der Waals surface area contributed by atoms with E-state index in [9.17, 15) is 0 Å². The van der Waals surface area contributed by atoms with E-state index in [2.05, 4.69) is 20.8 Å². The zero-order valence-corrected chi connectivity index (χ0v) is 16.7. The predicted octanol–water partition coefficient (Wildman–Crippen LogP) is 4.10. The van der Waals surface area contributed by atoms with Gasteiger partial charge in [0, 0.05) is 0 Å². The molecule has 0 aromatic rings. The molecule has 21 heavy (non-hydrogen) atoms. The third kappa shape index (κ3) is 12.8. The highest BCUT2D eigenvalue weighted by Crippen LogP contribution is 2.11. The molecule has 4 heteroatoms. The van der Waals surface area contributed by atoms with Crippen LogP contribution in [-0.4, -0.2) is 30.1 Å². The van der Waals surface area contributed by atoms with Gasteiger partial charge in [-0.2, -0.15) is 0 Å². The van der Waals surface area contributed by atoms with E-state index < -0.39 is 0 Å². The molecule has 0 aromatic carbocycles. The first-order valence-corrected chi connectivity index (χ1v) is 9.85. The van der Waals surface area contributed by atoms with Crippen LogP contribution in [0, 0.1) is 0 Å². The van der Waals surface area contributed by atoms with Crippen LogP contribution in [-0.2, 0) is 14.2 Å². The molecule has 3 nitrogen and oxygen atoms in total. The molecule has 0 aliphatic rings. The Hall–Kier alpha value is -0.643. The molecular weight excluding hydrogens is 280 g/mol. The molecule has 0 aromatic heterocycles. The third-order valence-electron chi connectivity index (χ3n) is 3.32. The van der Waals surface area contributed by atoms with Crippen LogP contribution >= 0.6 is 0 Å². The Balaban J connectivity index is 4.16. The second kappa shape index (κ2) is 15.7. The Bertz CT molecular complexity index is 240. The Morgan fingerprint density at radius 1 is 0.619 bits per heavy atom. The van der Waals surface area contributed by atoms with Gasteiger partial charge in [0.1, 0.15) is 5.38 Å². The number of ether oxygens (including phenoxy) is 3. The molecule has 0 heterocycles. The topological polar surface area (TPSA) is 27.7 Å². The lowest BCUT2D eigenvalue weighted by Gasteiger charge is -2.16. The van der Waals surface area contributed by atoms with Gasteiger partial charge in [-0.05, 0) is 19.3 Å². The van der Waals surface area contributed by atoms with Crippen LogP contribution in [0.3, 0.4) is 0 Å². The van der Waals surface area contributed by atoms with E-state index in [1.165, 1.54) is 38.5 Å². The molecule has 0 radical (unpaired) electrons. The Morgan fingerprint density at radius 3 is 1.38 bits per heavy atom. The first kappa shape index (κ1) is 20.4. The fourth-order valence-electron chi connectivity index (χ4n) is 1.92. The average molecular weight is 317 g/mol. The van der Waals surface area contributed by atoms with E-state index in [0.717, 1.165) is 54.7 Å². The maximum absolute atomic E-state index is 5.81. The molecule has 0 fully saturated rings. The highest BCUT2D eigenvalue weighted by molar-refractivity contribution is 6.20. The normalized spacial score (nSPS) is 10.4. The Morgan fingerprint density at radius 2 is 1.00 bits per heavy atom. The van der Waals surface area contributed by atoms with Crippen LogP contribution in [0.15, 0.2) is 11.3 Å². The van der Waals surface area contributed by atoms with Crippen LogP contribution in [0.25, 0.3) is 0 Å². The summed E-state index contributed by atoms with van der Waals surface area (Å²) in [5.41, 5.74) is 0. The maximum atomic E-state index is 5.81. The van der Waals surface area contributed by atoms with E-state index >= 15 is 0 Å². The summed E-state index contributed by atoms with van der Waals surface area (Å²) < 4.78 is 17.4. The minimum Gasteiger partial charge on any atom is -0.497 e. The molecule has 0 N–H and O–H groups in total. The van der Waals surface area contributed by atoms with Crippen molar-refractivity contribution in [2.75, 3.05) is 19.8 Å². The van der Waals surface area contributed by atoms with Crippen molar-refractivity contribution in [3.05, 3.63) is 11.3 Å². The lowest BCUT2D eigenvalue weighted by molar-refractivity contribution is 0.0153. The lowest BCUT2D eigenvalue weighted by atomic mass is 10.3. The van der Waals surface area contributed by atoms with Crippen molar-refractivity contribution >= 4 is 10.2 Å². The van der Waals surface area contributed by atoms with Crippen molar-refractivity contribution in [2.45, 2.75) is 78.6 Å². The summed E-state index contributed by atoms with van der Waals surface area (Å²) >= 11 is 0. The van der Waals surface area contributed by atoms with Gasteiger partial charge in [0.2, 0.25) is 0 Å². The third-order valence-corrected chi connectivity index (χ3v) is 4.01. The van der Waals surface area contributed by atoms with Gasteiger partial charge in [-0.3, -0.25) is 0 Å². The SMILES string of the molecule is CCCCCOC([SiH3])=C(OCCCCC)OCCCCC. The molecule has 0 aliphatic carbocycles. The van der Waals surface area contributed by atoms with Gasteiger partial charge in [0.05, 0.1) is 30.1 Å². The van der Waals surface area contributed by atoms with Crippen molar-refractivity contribution < 1.29 is 14.2 Å². The average Bonchev–Trinajstić information content (AvgIpc) is 2.49. The Kier molecular flexibility index (Phi) is 15.3. The van der Waals surface area contributed by atoms with Crippen LogP contribution in [0.2, 0.25) is 0 Å². The second-order valence-electron chi connectivity index (χ2n) is 5.51. The molecule has 0 amide bonds. The number of rotatable bonds is 15. The fraction of sp³-hybridized carbons (Fsp3) is 0.882. The van der Waals surface area contributed by atoms with Gasteiger partial charge in [-0.1, -0.05) is 59.3 Å². The summed E-state index contributed by atoms with van der Waals surface area (Å²) in [4.78, 5) is 0. The number of unbranched alkanes of at least 4 members (excludes halogenated alkanes) is 6. The zero-order chi connectivity index (χ0) is 15.8. The van der Waals surface area contributed by atoms with Gasteiger partial charge >= 0.3 is 5.95 Å². The zero-order valence-electron chi connectivity index (χ0n) is 14.7. The van der Waals surface area contributed by atoms with Crippen molar-refractivity contribution in [3.63, 3.8) is 0 Å². The summed E-state index contributed by atoms with van der Waals surface area (Å²) in [6.07, 6.45) is 10.6. The lowest BCUT2D eigenvalue weighted by Crippen LogP contribution is -2.08. The summed E-state index contributed by atoms with van der Waals surface area (Å²) in [5, 5.41) is 0.930. The summed E-state index contributed by atoms with van der Waals surface area (Å²) in [7, 11) is 0.837. The molecule has 0 unspecified atom stereocenters. The highest BCUT2D eigenvalue weighted by atomic mass is 28.1. The smallest absolute Gasteiger partial charge is 0.312 e. The van der Waals surface area contributed by atoms with E-state index in [-0.39, 0.29) is 0 Å². The molecule has 0 atom stereocenters. The van der Waals surface area contributed by atoms with Gasteiger partial charge in [-0.15, -0.1) is 0 Å². The van der Waals surface area contributed by atoms with Gasteiger partial charge < -0.3 is 14.2 Å². The summed E-state index contributed by atoms with van der Waals surface area (Å²) in [6, 6.07) is 0. The molecule has 0 aliphatic heterocycles. The van der Waals surface area contributed by atoms with E-state index in [1.807, 2.05) is 0 Å². The predicted molar refractivity (Wildman–Crippen MR) is 93.4 cm³/mol. The summed E-state index contributed by atoms with van der Waals surface area (Å²) in [6.45, 7) is 8.87. The molecule has 0 spiro atoms. The molecular formula is C17H36O3Si. The molecule has 126 valence electrons. The van der Waals surface area contributed by atoms with Crippen molar-refractivity contribution in [3.8, 4) is 0 Å². The van der Waals surface area contributed by atoms with E-state index in [4.69, 9.17) is 14.2 Å². The molecule has 0 bridgehead atoms. The first-order chi connectivity index (χ1) is 10.3. The second-order valence-corrected chi connectivity index (χ2v) is 6.42. The standard InChI is InChI=1S/C17H36O3Si/c1-4-7-10-13-18-16(19-14-11-8-5-2)17(21)20-15-12-9-6-3/h4-15H2,1-3,21H3. The van der Waals surface area contributed by atoms with Gasteiger partial charge in [0.25, 0.3) is 0 Å². The first-order valence-electron chi connectivity index (χ1n) is 8.85. The van der Waals surface area contributed by atoms with E-state index in [1.54, 1.807) is 0 Å². The monoisotopic (exact) mass is 316 g/mol. The molecule has 0 saturated carbocycles. The maximum Gasteiger partial charge on any atom is 0.312 e.